The van der Waals surface area contributed by atoms with Crippen LogP contribution in [0.2, 0.25) is 0 Å². The molecule has 0 spiro atoms. The van der Waals surface area contributed by atoms with Crippen LogP contribution in [0, 0.1) is 0 Å². The van der Waals surface area contributed by atoms with Gasteiger partial charge in [0.1, 0.15) is 0 Å². The second kappa shape index (κ2) is 7.25. The predicted molar refractivity (Wildman–Crippen MR) is 85.3 cm³/mol. The summed E-state index contributed by atoms with van der Waals surface area (Å²) < 4.78 is 0. The van der Waals surface area contributed by atoms with Crippen molar-refractivity contribution in [3.63, 3.8) is 0 Å². The molecule has 1 N–H and O–H groups in total. The Morgan fingerprint density at radius 2 is 1.75 bits per heavy atom. The highest BCUT2D eigenvalue weighted by Crippen LogP contribution is 2.16. The summed E-state index contributed by atoms with van der Waals surface area (Å²) in [5.74, 6) is 0. The lowest BCUT2D eigenvalue weighted by molar-refractivity contribution is 0.278. The topological polar surface area (TPSA) is 36.1 Å². The summed E-state index contributed by atoms with van der Waals surface area (Å²) in [5.41, 5.74) is 2.22. The van der Waals surface area contributed by atoms with Gasteiger partial charge in [0.25, 0.3) is 0 Å². The van der Waals surface area contributed by atoms with Gasteiger partial charge in [-0.2, -0.15) is 0 Å². The Labute approximate surface area is 120 Å². The lowest BCUT2D eigenvalue weighted by Crippen LogP contribution is -2.27. The molecule has 0 saturated carbocycles. The molecule has 0 aliphatic rings. The number of aromatic amines is 1. The first-order valence-electron chi connectivity index (χ1n) is 7.58. The number of hydrogen-bond acceptors (Lipinski definition) is 2. The van der Waals surface area contributed by atoms with Crippen LogP contribution >= 0.6 is 0 Å². The van der Waals surface area contributed by atoms with Crippen LogP contribution < -0.4 is 5.56 Å². The SMILES string of the molecule is CCCN(CCC)CCc1cccc2[nH]c(=O)ccc12. The third kappa shape index (κ3) is 3.70. The molecule has 3 nitrogen and oxygen atoms in total. The summed E-state index contributed by atoms with van der Waals surface area (Å²) in [6.45, 7) is 7.86. The van der Waals surface area contributed by atoms with Crippen molar-refractivity contribution in [2.75, 3.05) is 19.6 Å². The quantitative estimate of drug-likeness (QED) is 0.840. The third-order valence-electron chi connectivity index (χ3n) is 3.63. The summed E-state index contributed by atoms with van der Waals surface area (Å²) in [6, 6.07) is 9.71. The summed E-state index contributed by atoms with van der Waals surface area (Å²) in [6.07, 6.45) is 3.43. The second-order valence-electron chi connectivity index (χ2n) is 5.29. The lowest BCUT2D eigenvalue weighted by Gasteiger charge is -2.21. The molecule has 0 fully saturated rings. The van der Waals surface area contributed by atoms with E-state index in [9.17, 15) is 4.79 Å². The van der Waals surface area contributed by atoms with Gasteiger partial charge in [0.15, 0.2) is 0 Å². The van der Waals surface area contributed by atoms with Gasteiger partial charge in [0.2, 0.25) is 5.56 Å². The number of benzene rings is 1. The van der Waals surface area contributed by atoms with Gasteiger partial charge < -0.3 is 9.88 Å². The van der Waals surface area contributed by atoms with Crippen molar-refractivity contribution in [2.24, 2.45) is 0 Å². The molecular weight excluding hydrogens is 248 g/mol. The van der Waals surface area contributed by atoms with Gasteiger partial charge in [0, 0.05) is 23.5 Å². The first-order valence-corrected chi connectivity index (χ1v) is 7.58. The molecule has 1 aromatic heterocycles. The van der Waals surface area contributed by atoms with Gasteiger partial charge in [-0.25, -0.2) is 0 Å². The number of rotatable bonds is 7. The molecular formula is C17H24N2O. The Balaban J connectivity index is 2.14. The van der Waals surface area contributed by atoms with Crippen LogP contribution in [0.4, 0.5) is 0 Å². The lowest BCUT2D eigenvalue weighted by atomic mass is 10.1. The van der Waals surface area contributed by atoms with Crippen molar-refractivity contribution in [1.82, 2.24) is 9.88 Å². The number of pyridine rings is 1. The highest BCUT2D eigenvalue weighted by molar-refractivity contribution is 5.81. The Kier molecular flexibility index (Phi) is 5.36. The van der Waals surface area contributed by atoms with Crippen molar-refractivity contribution in [2.45, 2.75) is 33.1 Å². The molecule has 1 aromatic carbocycles. The minimum atomic E-state index is -0.0340. The standard InChI is InChI=1S/C17H24N2O/c1-3-11-19(12-4-2)13-10-14-6-5-7-16-15(14)8-9-17(20)18-16/h5-9H,3-4,10-13H2,1-2H3,(H,18,20). The van der Waals surface area contributed by atoms with Gasteiger partial charge >= 0.3 is 0 Å². The maximum atomic E-state index is 11.4. The fraction of sp³-hybridized carbons (Fsp3) is 0.471. The van der Waals surface area contributed by atoms with E-state index in [4.69, 9.17) is 0 Å². The number of fused-ring (bicyclic) bond motifs is 1. The van der Waals surface area contributed by atoms with Crippen molar-refractivity contribution in [1.29, 1.82) is 0 Å². The van der Waals surface area contributed by atoms with Gasteiger partial charge in [-0.3, -0.25) is 4.79 Å². The zero-order valence-electron chi connectivity index (χ0n) is 12.5. The van der Waals surface area contributed by atoms with Crippen LogP contribution in [0.3, 0.4) is 0 Å². The van der Waals surface area contributed by atoms with Crippen LogP contribution in [0.25, 0.3) is 10.9 Å². The second-order valence-corrected chi connectivity index (χ2v) is 5.29. The van der Waals surface area contributed by atoms with Gasteiger partial charge in [0.05, 0.1) is 0 Å². The first kappa shape index (κ1) is 14.8. The zero-order valence-corrected chi connectivity index (χ0v) is 12.5. The van der Waals surface area contributed by atoms with E-state index in [0.29, 0.717) is 0 Å². The largest absolute Gasteiger partial charge is 0.322 e. The molecule has 0 bridgehead atoms. The number of aromatic nitrogens is 1. The van der Waals surface area contributed by atoms with E-state index >= 15 is 0 Å². The van der Waals surface area contributed by atoms with Gasteiger partial charge in [-0.15, -0.1) is 0 Å². The molecule has 0 aliphatic carbocycles. The fourth-order valence-electron chi connectivity index (χ4n) is 2.72. The highest BCUT2D eigenvalue weighted by Gasteiger charge is 2.06. The Morgan fingerprint density at radius 1 is 1.00 bits per heavy atom. The third-order valence-corrected chi connectivity index (χ3v) is 3.63. The minimum Gasteiger partial charge on any atom is -0.322 e. The number of nitrogens with zero attached hydrogens (tertiary/aromatic N) is 1. The summed E-state index contributed by atoms with van der Waals surface area (Å²) in [4.78, 5) is 16.8. The minimum absolute atomic E-state index is 0.0340. The smallest absolute Gasteiger partial charge is 0.248 e. The monoisotopic (exact) mass is 272 g/mol. The van der Waals surface area contributed by atoms with E-state index in [2.05, 4.69) is 29.8 Å². The molecule has 1 heterocycles. The summed E-state index contributed by atoms with van der Waals surface area (Å²) in [7, 11) is 0. The van der Waals surface area contributed by atoms with E-state index in [0.717, 1.165) is 31.6 Å². The molecule has 0 atom stereocenters. The Bertz CT molecular complexity index is 597. The zero-order chi connectivity index (χ0) is 14.4. The average molecular weight is 272 g/mol. The van der Waals surface area contributed by atoms with E-state index in [1.165, 1.54) is 23.8 Å². The van der Waals surface area contributed by atoms with Crippen LogP contribution in [0.5, 0.6) is 0 Å². The van der Waals surface area contributed by atoms with E-state index in [1.807, 2.05) is 18.2 Å². The van der Waals surface area contributed by atoms with Crippen molar-refractivity contribution >= 4 is 10.9 Å². The molecule has 20 heavy (non-hydrogen) atoms. The maximum Gasteiger partial charge on any atom is 0.248 e. The number of hydrogen-bond donors (Lipinski definition) is 1. The fourth-order valence-corrected chi connectivity index (χ4v) is 2.72. The average Bonchev–Trinajstić information content (AvgIpc) is 2.44. The van der Waals surface area contributed by atoms with Crippen molar-refractivity contribution in [3.8, 4) is 0 Å². The molecule has 3 heteroatoms. The number of H-pyrrole nitrogens is 1. The van der Waals surface area contributed by atoms with Crippen LogP contribution in [-0.2, 0) is 6.42 Å². The Hall–Kier alpha value is -1.61. The summed E-state index contributed by atoms with van der Waals surface area (Å²) >= 11 is 0. The first-order chi connectivity index (χ1) is 9.74. The Morgan fingerprint density at radius 3 is 2.45 bits per heavy atom. The molecule has 0 amide bonds. The van der Waals surface area contributed by atoms with E-state index in [1.54, 1.807) is 6.07 Å². The number of nitrogens with one attached hydrogen (secondary N) is 1. The molecule has 0 aliphatic heterocycles. The summed E-state index contributed by atoms with van der Waals surface area (Å²) in [5, 5.41) is 1.17. The van der Waals surface area contributed by atoms with E-state index < -0.39 is 0 Å². The molecule has 108 valence electrons. The highest BCUT2D eigenvalue weighted by atomic mass is 16.1. The van der Waals surface area contributed by atoms with Crippen molar-refractivity contribution in [3.05, 3.63) is 46.2 Å². The molecule has 2 rings (SSSR count). The van der Waals surface area contributed by atoms with Crippen LogP contribution in [0.1, 0.15) is 32.3 Å². The van der Waals surface area contributed by atoms with Crippen LogP contribution in [-0.4, -0.2) is 29.5 Å². The van der Waals surface area contributed by atoms with E-state index in [-0.39, 0.29) is 5.56 Å². The van der Waals surface area contributed by atoms with Gasteiger partial charge in [-0.05, 0) is 50.0 Å². The molecule has 0 radical (unpaired) electrons. The normalized spacial score (nSPS) is 11.3. The predicted octanol–water partition coefficient (Wildman–Crippen LogP) is 3.19. The van der Waals surface area contributed by atoms with Crippen molar-refractivity contribution < 1.29 is 0 Å². The molecule has 0 unspecified atom stereocenters. The van der Waals surface area contributed by atoms with Crippen LogP contribution in [0.15, 0.2) is 35.1 Å². The molecule has 2 aromatic rings. The molecule has 0 saturated heterocycles. The maximum absolute atomic E-state index is 11.4. The van der Waals surface area contributed by atoms with Gasteiger partial charge in [-0.1, -0.05) is 26.0 Å².